The Morgan fingerprint density at radius 2 is 0.875 bits per heavy atom. The van der Waals surface area contributed by atoms with Gasteiger partial charge in [0.15, 0.2) is 23.0 Å². The van der Waals surface area contributed by atoms with E-state index in [1.807, 2.05) is 0 Å². The summed E-state index contributed by atoms with van der Waals surface area (Å²) < 4.78 is 33.0. The Hall–Kier alpha value is -5.31. The third-order valence-corrected chi connectivity index (χ3v) is 5.87. The summed E-state index contributed by atoms with van der Waals surface area (Å²) in [5.41, 5.74) is 0.346. The average Bonchev–Trinajstić information content (AvgIpc) is 3.01. The summed E-state index contributed by atoms with van der Waals surface area (Å²) in [7, 11) is 5.57. The molecule has 4 aromatic carbocycles. The van der Waals surface area contributed by atoms with Gasteiger partial charge < -0.3 is 28.4 Å². The van der Waals surface area contributed by atoms with Crippen molar-refractivity contribution in [2.45, 2.75) is 0 Å². The number of hydrogen-bond acceptors (Lipinski definition) is 9. The summed E-state index contributed by atoms with van der Waals surface area (Å²) in [5.74, 6) is -1.73. The fourth-order valence-corrected chi connectivity index (χ4v) is 3.84. The highest BCUT2D eigenvalue weighted by Crippen LogP contribution is 2.42. The molecule has 0 radical (unpaired) electrons. The first kappa shape index (κ1) is 27.7. The van der Waals surface area contributed by atoms with Gasteiger partial charge in [-0.1, -0.05) is 36.4 Å². The molecule has 204 valence electrons. The molecule has 4 aromatic rings. The van der Waals surface area contributed by atoms with Gasteiger partial charge in [0.1, 0.15) is 11.5 Å². The molecular weight excluding hydrogens is 516 g/mol. The highest BCUT2D eigenvalue weighted by molar-refractivity contribution is 6.14. The maximum Gasteiger partial charge on any atom is 0.343 e. The van der Waals surface area contributed by atoms with Crippen molar-refractivity contribution in [1.82, 2.24) is 0 Å². The lowest BCUT2D eigenvalue weighted by Crippen LogP contribution is -2.16. The van der Waals surface area contributed by atoms with E-state index in [9.17, 15) is 14.4 Å². The number of ketones is 1. The number of carbonyl (C=O) groups is 3. The first-order valence-electron chi connectivity index (χ1n) is 12.0. The summed E-state index contributed by atoms with van der Waals surface area (Å²) in [4.78, 5) is 40.2. The van der Waals surface area contributed by atoms with Gasteiger partial charge in [-0.15, -0.1) is 0 Å². The Balaban J connectivity index is 1.87. The molecule has 0 N–H and O–H groups in total. The van der Waals surface area contributed by atoms with Gasteiger partial charge in [0.05, 0.1) is 50.7 Å². The lowest BCUT2D eigenvalue weighted by atomic mass is 9.99. The normalized spacial score (nSPS) is 10.3. The molecule has 0 saturated carbocycles. The summed E-state index contributed by atoms with van der Waals surface area (Å²) in [6, 6.07) is 22.3. The first-order valence-corrected chi connectivity index (χ1v) is 12.0. The molecule has 0 aromatic heterocycles. The Morgan fingerprint density at radius 3 is 1.20 bits per heavy atom. The van der Waals surface area contributed by atoms with Crippen molar-refractivity contribution in [2.24, 2.45) is 0 Å². The van der Waals surface area contributed by atoms with Crippen LogP contribution < -0.4 is 28.4 Å². The van der Waals surface area contributed by atoms with Crippen LogP contribution in [0, 0.1) is 0 Å². The first-order chi connectivity index (χ1) is 19.4. The van der Waals surface area contributed by atoms with Crippen molar-refractivity contribution in [3.8, 4) is 34.5 Å². The van der Waals surface area contributed by atoms with Crippen LogP contribution in [-0.4, -0.2) is 46.2 Å². The van der Waals surface area contributed by atoms with Gasteiger partial charge in [-0.3, -0.25) is 4.79 Å². The SMILES string of the molecule is COc1cc(OC)c(OC(=O)c2ccccc2)c(C(=O)c2cc(OC)cc(OC)c2OC(=O)c2ccccc2)c1. The van der Waals surface area contributed by atoms with E-state index >= 15 is 0 Å². The van der Waals surface area contributed by atoms with E-state index in [1.54, 1.807) is 60.7 Å². The molecule has 0 spiro atoms. The minimum absolute atomic E-state index is 0.0738. The average molecular weight is 543 g/mol. The van der Waals surface area contributed by atoms with Crippen molar-refractivity contribution < 1.29 is 42.8 Å². The van der Waals surface area contributed by atoms with Crippen LogP contribution in [0.3, 0.4) is 0 Å². The molecule has 0 heterocycles. The Labute approximate surface area is 230 Å². The van der Waals surface area contributed by atoms with Crippen LogP contribution >= 0.6 is 0 Å². The predicted molar refractivity (Wildman–Crippen MR) is 145 cm³/mol. The van der Waals surface area contributed by atoms with E-state index < -0.39 is 17.7 Å². The largest absolute Gasteiger partial charge is 0.497 e. The van der Waals surface area contributed by atoms with E-state index in [0.29, 0.717) is 0 Å². The van der Waals surface area contributed by atoms with Crippen LogP contribution in [0.2, 0.25) is 0 Å². The molecule has 4 rings (SSSR count). The maximum absolute atomic E-state index is 14.2. The van der Waals surface area contributed by atoms with E-state index in [1.165, 1.54) is 52.7 Å². The van der Waals surface area contributed by atoms with Crippen LogP contribution in [0.15, 0.2) is 84.9 Å². The smallest absolute Gasteiger partial charge is 0.343 e. The van der Waals surface area contributed by atoms with Crippen LogP contribution in [0.25, 0.3) is 0 Å². The Kier molecular flexibility index (Phi) is 8.65. The monoisotopic (exact) mass is 542 g/mol. The highest BCUT2D eigenvalue weighted by atomic mass is 16.6. The molecule has 40 heavy (non-hydrogen) atoms. The zero-order valence-electron chi connectivity index (χ0n) is 22.3. The van der Waals surface area contributed by atoms with Crippen LogP contribution in [0.1, 0.15) is 36.6 Å². The van der Waals surface area contributed by atoms with Gasteiger partial charge in [0, 0.05) is 12.1 Å². The Bertz CT molecular complexity index is 1410. The number of rotatable bonds is 10. The molecule has 9 nitrogen and oxygen atoms in total. The molecule has 0 fully saturated rings. The molecule has 0 unspecified atom stereocenters. The second-order valence-corrected chi connectivity index (χ2v) is 8.25. The second kappa shape index (κ2) is 12.5. The molecule has 0 saturated heterocycles. The van der Waals surface area contributed by atoms with E-state index in [4.69, 9.17) is 28.4 Å². The highest BCUT2D eigenvalue weighted by Gasteiger charge is 2.29. The van der Waals surface area contributed by atoms with E-state index in [2.05, 4.69) is 0 Å². The van der Waals surface area contributed by atoms with Gasteiger partial charge >= 0.3 is 11.9 Å². The third kappa shape index (κ3) is 5.88. The number of methoxy groups -OCH3 is 4. The van der Waals surface area contributed by atoms with E-state index in [-0.39, 0.29) is 56.8 Å². The fourth-order valence-electron chi connectivity index (χ4n) is 3.84. The number of ether oxygens (including phenoxy) is 6. The molecule has 0 aliphatic rings. The summed E-state index contributed by atoms with van der Waals surface area (Å²) in [6.07, 6.45) is 0. The van der Waals surface area contributed by atoms with Crippen molar-refractivity contribution >= 4 is 17.7 Å². The quantitative estimate of drug-likeness (QED) is 0.148. The lowest BCUT2D eigenvalue weighted by molar-refractivity contribution is 0.0721. The van der Waals surface area contributed by atoms with Crippen molar-refractivity contribution in [3.63, 3.8) is 0 Å². The number of hydrogen-bond donors (Lipinski definition) is 0. The van der Waals surface area contributed by atoms with Crippen molar-refractivity contribution in [1.29, 1.82) is 0 Å². The minimum atomic E-state index is -0.711. The summed E-state index contributed by atoms with van der Waals surface area (Å²) in [5, 5.41) is 0. The molecular formula is C31H26O9. The topological polar surface area (TPSA) is 107 Å². The predicted octanol–water partition coefficient (Wildman–Crippen LogP) is 5.39. The van der Waals surface area contributed by atoms with Crippen molar-refractivity contribution in [3.05, 3.63) is 107 Å². The van der Waals surface area contributed by atoms with Crippen LogP contribution in [-0.2, 0) is 0 Å². The fraction of sp³-hybridized carbons (Fsp3) is 0.129. The zero-order chi connectivity index (χ0) is 28.6. The third-order valence-electron chi connectivity index (χ3n) is 5.87. The number of esters is 2. The van der Waals surface area contributed by atoms with Crippen molar-refractivity contribution in [2.75, 3.05) is 28.4 Å². The van der Waals surface area contributed by atoms with Gasteiger partial charge in [-0.25, -0.2) is 9.59 Å². The maximum atomic E-state index is 14.2. The zero-order valence-corrected chi connectivity index (χ0v) is 22.3. The van der Waals surface area contributed by atoms with Gasteiger partial charge in [-0.05, 0) is 36.4 Å². The Morgan fingerprint density at radius 1 is 0.500 bits per heavy atom. The molecule has 0 atom stereocenters. The van der Waals surface area contributed by atoms with Gasteiger partial charge in [0.25, 0.3) is 0 Å². The second-order valence-electron chi connectivity index (χ2n) is 8.25. The van der Waals surface area contributed by atoms with E-state index in [0.717, 1.165) is 0 Å². The summed E-state index contributed by atoms with van der Waals surface area (Å²) in [6.45, 7) is 0. The molecule has 0 aliphatic heterocycles. The number of carbonyl (C=O) groups excluding carboxylic acids is 3. The van der Waals surface area contributed by atoms with Gasteiger partial charge in [-0.2, -0.15) is 0 Å². The van der Waals surface area contributed by atoms with Crippen LogP contribution in [0.4, 0.5) is 0 Å². The molecule has 0 bridgehead atoms. The molecule has 9 heteroatoms. The molecule has 0 amide bonds. The lowest BCUT2D eigenvalue weighted by Gasteiger charge is -2.18. The number of benzene rings is 4. The molecule has 0 aliphatic carbocycles. The van der Waals surface area contributed by atoms with Gasteiger partial charge in [0.2, 0.25) is 5.78 Å². The minimum Gasteiger partial charge on any atom is -0.497 e. The standard InChI is InChI=1S/C31H26O9/c1-35-21-15-23(28(25(17-21)37-3)39-30(33)19-11-7-5-8-12-19)27(32)24-16-22(36-2)18-26(38-4)29(24)40-31(34)20-13-9-6-10-14-20/h5-18H,1-4H3. The van der Waals surface area contributed by atoms with Crippen LogP contribution in [0.5, 0.6) is 34.5 Å². The summed E-state index contributed by atoms with van der Waals surface area (Å²) >= 11 is 0.